The number of nitrogens with zero attached hydrogens (tertiary/aromatic N) is 1. The van der Waals surface area contributed by atoms with Crippen LogP contribution in [-0.4, -0.2) is 97.3 Å². The van der Waals surface area contributed by atoms with Gasteiger partial charge in [0.25, 0.3) is 7.82 Å². The van der Waals surface area contributed by atoms with Crippen molar-refractivity contribution in [2.24, 2.45) is 10.8 Å². The first kappa shape index (κ1) is 31.9. The van der Waals surface area contributed by atoms with Crippen LogP contribution in [0.4, 0.5) is 0 Å². The molecule has 0 aromatic carbocycles. The van der Waals surface area contributed by atoms with E-state index in [4.69, 9.17) is 23.3 Å². The molecule has 0 spiro atoms. The highest BCUT2D eigenvalue weighted by Crippen LogP contribution is 2.38. The van der Waals surface area contributed by atoms with Crippen LogP contribution < -0.4 is 10.2 Å². The predicted octanol–water partition coefficient (Wildman–Crippen LogP) is 0.959. The zero-order valence-corrected chi connectivity index (χ0v) is 22.3. The molecule has 0 amide bonds. The van der Waals surface area contributed by atoms with Crippen molar-refractivity contribution in [3.05, 3.63) is 0 Å². The number of phosphoric acid groups is 1. The van der Waals surface area contributed by atoms with Crippen molar-refractivity contribution in [3.63, 3.8) is 0 Å². The van der Waals surface area contributed by atoms with E-state index in [9.17, 15) is 19.0 Å². The van der Waals surface area contributed by atoms with Crippen molar-refractivity contribution in [2.75, 3.05) is 80.9 Å². The van der Waals surface area contributed by atoms with Gasteiger partial charge in [0.05, 0.1) is 51.8 Å². The summed E-state index contributed by atoms with van der Waals surface area (Å²) in [5, 5.41) is 2.95. The van der Waals surface area contributed by atoms with Crippen LogP contribution >= 0.6 is 7.82 Å². The zero-order valence-electron chi connectivity index (χ0n) is 21.4. The van der Waals surface area contributed by atoms with E-state index < -0.39 is 30.6 Å². The number of phosphoric ester groups is 1. The van der Waals surface area contributed by atoms with Crippen LogP contribution in [0.25, 0.3) is 0 Å². The molecule has 0 rings (SSSR count). The van der Waals surface area contributed by atoms with Crippen molar-refractivity contribution in [3.8, 4) is 0 Å². The Bertz CT molecular complexity index is 648. The summed E-state index contributed by atoms with van der Waals surface area (Å²) in [6.07, 6.45) is 0.174. The normalized spacial score (nSPS) is 14.6. The summed E-state index contributed by atoms with van der Waals surface area (Å²) < 4.78 is 37.6. The van der Waals surface area contributed by atoms with Crippen LogP contribution in [0, 0.1) is 10.8 Å². The summed E-state index contributed by atoms with van der Waals surface area (Å²) in [5.41, 5.74) is -1.94. The third-order valence-electron chi connectivity index (χ3n) is 4.52. The number of hydrogen-bond donors (Lipinski definition) is 1. The minimum Gasteiger partial charge on any atom is -0.756 e. The number of ether oxygens (including phenoxy) is 3. The van der Waals surface area contributed by atoms with Gasteiger partial charge in [0, 0.05) is 6.54 Å². The fourth-order valence-corrected chi connectivity index (χ4v) is 3.53. The maximum Gasteiger partial charge on any atom is 0.311 e. The van der Waals surface area contributed by atoms with Crippen molar-refractivity contribution < 1.29 is 46.8 Å². The largest absolute Gasteiger partial charge is 0.756 e. The third kappa shape index (κ3) is 15.5. The van der Waals surface area contributed by atoms with E-state index in [1.54, 1.807) is 27.7 Å². The molecule has 0 bridgehead atoms. The second-order valence-corrected chi connectivity index (χ2v) is 11.5. The Hall–Kier alpha value is -1.07. The van der Waals surface area contributed by atoms with Crippen LogP contribution in [0.2, 0.25) is 0 Å². The lowest BCUT2D eigenvalue weighted by Crippen LogP contribution is -2.38. The Balaban J connectivity index is 4.40. The van der Waals surface area contributed by atoms with E-state index in [-0.39, 0.29) is 39.5 Å². The molecule has 12 heteroatoms. The molecule has 0 heterocycles. The SMILES string of the molecule is CNCCOCCOC(=O)C(C)(C)CC(C)(C)C(=O)OCCOP(=O)([O-])OCC[N+](C)(C)C. The Morgan fingerprint density at radius 2 is 1.33 bits per heavy atom. The summed E-state index contributed by atoms with van der Waals surface area (Å²) in [5.74, 6) is -1.02. The van der Waals surface area contributed by atoms with Crippen LogP contribution in [-0.2, 0) is 37.4 Å². The Morgan fingerprint density at radius 3 is 1.82 bits per heavy atom. The highest BCUT2D eigenvalue weighted by molar-refractivity contribution is 7.45. The van der Waals surface area contributed by atoms with Gasteiger partial charge in [0.2, 0.25) is 0 Å². The van der Waals surface area contributed by atoms with E-state index in [1.807, 2.05) is 28.2 Å². The maximum atomic E-state index is 12.5. The van der Waals surface area contributed by atoms with E-state index in [0.29, 0.717) is 24.2 Å². The summed E-state index contributed by atoms with van der Waals surface area (Å²) in [6.45, 7) is 8.18. The number of quaternary nitrogens is 1. The molecular formula is C21H43N2O9P. The molecule has 1 atom stereocenters. The molecule has 0 fully saturated rings. The molecule has 0 aliphatic carbocycles. The van der Waals surface area contributed by atoms with Crippen molar-refractivity contribution in [1.82, 2.24) is 5.32 Å². The molecule has 0 aromatic rings. The number of carbonyl (C=O) groups excluding carboxylic acids is 2. The fraction of sp³-hybridized carbons (Fsp3) is 0.905. The molecule has 0 aliphatic rings. The first-order chi connectivity index (χ1) is 15.0. The third-order valence-corrected chi connectivity index (χ3v) is 5.52. The van der Waals surface area contributed by atoms with Gasteiger partial charge in [0.1, 0.15) is 26.4 Å². The number of likely N-dealkylation sites (N-methyl/N-ethyl adjacent to an activating group) is 2. The summed E-state index contributed by atoms with van der Waals surface area (Å²) in [6, 6.07) is 0. The van der Waals surface area contributed by atoms with Gasteiger partial charge in [0.15, 0.2) is 0 Å². The summed E-state index contributed by atoms with van der Waals surface area (Å²) in [7, 11) is 3.06. The molecule has 0 aromatic heterocycles. The highest BCUT2D eigenvalue weighted by atomic mass is 31.2. The molecule has 1 N–H and O–H groups in total. The van der Waals surface area contributed by atoms with Crippen LogP contribution in [0.5, 0.6) is 0 Å². The molecule has 0 aliphatic heterocycles. The number of esters is 2. The van der Waals surface area contributed by atoms with Gasteiger partial charge in [-0.3, -0.25) is 14.2 Å². The topological polar surface area (TPSA) is 132 Å². The molecule has 0 saturated carbocycles. The first-order valence-electron chi connectivity index (χ1n) is 11.0. The standard InChI is InChI=1S/C21H43N2O9P/c1-20(2,18(24)29-14-13-28-11-9-22-5)17-21(3,4)19(25)30-15-16-32-33(26,27)31-12-10-23(6,7)8/h22H,9-17H2,1-8H3. The lowest BCUT2D eigenvalue weighted by atomic mass is 9.75. The molecule has 33 heavy (non-hydrogen) atoms. The van der Waals surface area contributed by atoms with E-state index in [1.165, 1.54) is 0 Å². The lowest BCUT2D eigenvalue weighted by molar-refractivity contribution is -0.870. The zero-order chi connectivity index (χ0) is 25.8. The summed E-state index contributed by atoms with van der Waals surface area (Å²) >= 11 is 0. The average molecular weight is 499 g/mol. The van der Waals surface area contributed by atoms with Gasteiger partial charge in [-0.1, -0.05) is 0 Å². The summed E-state index contributed by atoms with van der Waals surface area (Å²) in [4.78, 5) is 36.7. The van der Waals surface area contributed by atoms with Crippen molar-refractivity contribution in [2.45, 2.75) is 34.1 Å². The Kier molecular flexibility index (Phi) is 13.9. The number of rotatable bonds is 18. The van der Waals surface area contributed by atoms with E-state index in [0.717, 1.165) is 0 Å². The smallest absolute Gasteiger partial charge is 0.311 e. The van der Waals surface area contributed by atoms with E-state index >= 15 is 0 Å². The number of hydrogen-bond acceptors (Lipinski definition) is 10. The van der Waals surface area contributed by atoms with Crippen molar-refractivity contribution >= 4 is 19.8 Å². The molecule has 0 saturated heterocycles. The van der Waals surface area contributed by atoms with Crippen LogP contribution in [0.3, 0.4) is 0 Å². The van der Waals surface area contributed by atoms with Crippen LogP contribution in [0.15, 0.2) is 0 Å². The Morgan fingerprint density at radius 1 is 0.848 bits per heavy atom. The van der Waals surface area contributed by atoms with Gasteiger partial charge in [-0.05, 0) is 41.2 Å². The second-order valence-electron chi connectivity index (χ2n) is 10.1. The predicted molar refractivity (Wildman–Crippen MR) is 121 cm³/mol. The molecule has 11 nitrogen and oxygen atoms in total. The van der Waals surface area contributed by atoms with Gasteiger partial charge in [-0.15, -0.1) is 0 Å². The lowest BCUT2D eigenvalue weighted by Gasteiger charge is -2.31. The quantitative estimate of drug-likeness (QED) is 0.126. The second kappa shape index (κ2) is 14.4. The van der Waals surface area contributed by atoms with Gasteiger partial charge in [-0.2, -0.15) is 0 Å². The minimum atomic E-state index is -4.47. The monoisotopic (exact) mass is 498 g/mol. The molecule has 196 valence electrons. The Labute approximate surface area is 198 Å². The molecule has 0 radical (unpaired) electrons. The number of carbonyl (C=O) groups is 2. The minimum absolute atomic E-state index is 0.00957. The molecule has 1 unspecified atom stereocenters. The number of nitrogens with one attached hydrogen (secondary N) is 1. The fourth-order valence-electron chi connectivity index (χ4n) is 2.86. The average Bonchev–Trinajstić information content (AvgIpc) is 2.65. The van der Waals surface area contributed by atoms with Gasteiger partial charge < -0.3 is 38.0 Å². The first-order valence-corrected chi connectivity index (χ1v) is 12.5. The van der Waals surface area contributed by atoms with Crippen LogP contribution in [0.1, 0.15) is 34.1 Å². The van der Waals surface area contributed by atoms with Crippen molar-refractivity contribution in [1.29, 1.82) is 0 Å². The molecular weight excluding hydrogens is 455 g/mol. The highest BCUT2D eigenvalue weighted by Gasteiger charge is 2.41. The van der Waals surface area contributed by atoms with Gasteiger partial charge >= 0.3 is 11.9 Å². The van der Waals surface area contributed by atoms with Gasteiger partial charge in [-0.25, -0.2) is 0 Å². The maximum absolute atomic E-state index is 12.5. The van der Waals surface area contributed by atoms with E-state index in [2.05, 4.69) is 5.32 Å².